The minimum absolute atomic E-state index is 0.0932. The van der Waals surface area contributed by atoms with Gasteiger partial charge in [-0.3, -0.25) is 18.8 Å². The Labute approximate surface area is 179 Å². The van der Waals surface area contributed by atoms with Gasteiger partial charge in [-0.2, -0.15) is 0 Å². The lowest BCUT2D eigenvalue weighted by atomic mass is 9.96. The SMILES string of the molecule is Cn1c2c(c(=O)n(CCO)c1=O)N(Cc1ccc(F)cc1)CN2C#CCOC1CCC1. The molecule has 0 atom stereocenters. The quantitative estimate of drug-likeness (QED) is 0.692. The summed E-state index contributed by atoms with van der Waals surface area (Å²) in [6, 6.07) is 9.06. The minimum atomic E-state index is -0.515. The van der Waals surface area contributed by atoms with Gasteiger partial charge in [0.2, 0.25) is 0 Å². The zero-order valence-electron chi connectivity index (χ0n) is 17.4. The fourth-order valence-electron chi connectivity index (χ4n) is 3.78. The molecular formula is C22H25FN4O4. The summed E-state index contributed by atoms with van der Waals surface area (Å²) in [6.45, 7) is 0.480. The van der Waals surface area contributed by atoms with Gasteiger partial charge in [0.1, 0.15) is 24.8 Å². The third-order valence-corrected chi connectivity index (χ3v) is 5.65. The van der Waals surface area contributed by atoms with Gasteiger partial charge in [0.25, 0.3) is 5.56 Å². The molecule has 1 fully saturated rings. The summed E-state index contributed by atoms with van der Waals surface area (Å²) in [6.07, 6.45) is 3.56. The van der Waals surface area contributed by atoms with E-state index in [9.17, 15) is 19.1 Å². The van der Waals surface area contributed by atoms with Crippen molar-refractivity contribution in [1.82, 2.24) is 9.13 Å². The first-order valence-electron chi connectivity index (χ1n) is 10.3. The van der Waals surface area contributed by atoms with Crippen molar-refractivity contribution in [1.29, 1.82) is 0 Å². The predicted molar refractivity (Wildman–Crippen MR) is 114 cm³/mol. The van der Waals surface area contributed by atoms with E-state index in [1.807, 2.05) is 0 Å². The number of benzene rings is 1. The summed E-state index contributed by atoms with van der Waals surface area (Å²) in [7, 11) is 1.58. The molecule has 1 aromatic heterocycles. The van der Waals surface area contributed by atoms with E-state index in [0.29, 0.717) is 18.1 Å². The van der Waals surface area contributed by atoms with E-state index < -0.39 is 11.2 Å². The second kappa shape index (κ2) is 8.96. The molecule has 0 radical (unpaired) electrons. The molecule has 31 heavy (non-hydrogen) atoms. The molecule has 0 spiro atoms. The molecule has 0 unspecified atom stereocenters. The van der Waals surface area contributed by atoms with Crippen molar-refractivity contribution >= 4 is 11.5 Å². The summed E-state index contributed by atoms with van der Waals surface area (Å²) in [5.74, 6) is 3.05. The van der Waals surface area contributed by atoms with Crippen LogP contribution in [0.2, 0.25) is 0 Å². The Morgan fingerprint density at radius 3 is 2.61 bits per heavy atom. The largest absolute Gasteiger partial charge is 0.395 e. The highest BCUT2D eigenvalue weighted by molar-refractivity contribution is 5.74. The molecule has 164 valence electrons. The van der Waals surface area contributed by atoms with Crippen molar-refractivity contribution in [2.45, 2.75) is 38.5 Å². The first kappa shape index (κ1) is 21.2. The van der Waals surface area contributed by atoms with E-state index in [-0.39, 0.29) is 38.3 Å². The van der Waals surface area contributed by atoms with E-state index in [4.69, 9.17) is 4.74 Å². The van der Waals surface area contributed by atoms with Crippen molar-refractivity contribution in [2.75, 3.05) is 29.7 Å². The molecule has 1 aliphatic carbocycles. The van der Waals surface area contributed by atoms with Gasteiger partial charge in [-0.25, -0.2) is 9.18 Å². The molecule has 2 aromatic rings. The van der Waals surface area contributed by atoms with Gasteiger partial charge in [0.15, 0.2) is 5.82 Å². The average Bonchev–Trinajstić information content (AvgIpc) is 3.08. The first-order valence-corrected chi connectivity index (χ1v) is 10.3. The monoisotopic (exact) mass is 428 g/mol. The highest BCUT2D eigenvalue weighted by Crippen LogP contribution is 2.32. The van der Waals surface area contributed by atoms with Gasteiger partial charge in [0.05, 0.1) is 19.3 Å². The molecular weight excluding hydrogens is 403 g/mol. The van der Waals surface area contributed by atoms with Crippen molar-refractivity contribution in [3.8, 4) is 12.0 Å². The fourth-order valence-corrected chi connectivity index (χ4v) is 3.78. The van der Waals surface area contributed by atoms with Crippen LogP contribution in [0, 0.1) is 17.8 Å². The second-order valence-corrected chi connectivity index (χ2v) is 7.74. The van der Waals surface area contributed by atoms with Crippen LogP contribution in [-0.4, -0.2) is 40.2 Å². The molecule has 9 heteroatoms. The Balaban J connectivity index is 1.68. The van der Waals surface area contributed by atoms with Crippen LogP contribution in [0.25, 0.3) is 0 Å². The van der Waals surface area contributed by atoms with Crippen molar-refractivity contribution in [2.24, 2.45) is 7.05 Å². The van der Waals surface area contributed by atoms with Gasteiger partial charge < -0.3 is 14.7 Å². The van der Waals surface area contributed by atoms with E-state index in [1.54, 1.807) is 29.0 Å². The third-order valence-electron chi connectivity index (χ3n) is 5.65. The summed E-state index contributed by atoms with van der Waals surface area (Å²) >= 11 is 0. The van der Waals surface area contributed by atoms with Gasteiger partial charge in [-0.05, 0) is 37.0 Å². The predicted octanol–water partition coefficient (Wildman–Crippen LogP) is 0.992. The normalized spacial score (nSPS) is 15.5. The molecule has 2 heterocycles. The van der Waals surface area contributed by atoms with Gasteiger partial charge >= 0.3 is 5.69 Å². The smallest absolute Gasteiger partial charge is 0.332 e. The number of nitrogens with zero attached hydrogens (tertiary/aromatic N) is 4. The summed E-state index contributed by atoms with van der Waals surface area (Å²) < 4.78 is 21.4. The molecule has 0 saturated heterocycles. The lowest BCUT2D eigenvalue weighted by Crippen LogP contribution is -2.41. The molecule has 1 N–H and O–H groups in total. The first-order chi connectivity index (χ1) is 15.0. The molecule has 0 bridgehead atoms. The number of hydrogen-bond donors (Lipinski definition) is 1. The number of aliphatic hydroxyl groups is 1. The van der Waals surface area contributed by atoms with Gasteiger partial charge in [-0.1, -0.05) is 18.1 Å². The van der Waals surface area contributed by atoms with Crippen molar-refractivity contribution in [3.63, 3.8) is 0 Å². The van der Waals surface area contributed by atoms with Gasteiger partial charge in [0, 0.05) is 19.6 Å². The zero-order chi connectivity index (χ0) is 22.0. The molecule has 4 rings (SSSR count). The number of rotatable bonds is 6. The number of hydrogen-bond acceptors (Lipinski definition) is 6. The molecule has 1 aromatic carbocycles. The second-order valence-electron chi connectivity index (χ2n) is 7.74. The molecule has 2 aliphatic rings. The molecule has 1 saturated carbocycles. The number of aromatic nitrogens is 2. The number of ether oxygens (including phenoxy) is 1. The van der Waals surface area contributed by atoms with Crippen LogP contribution >= 0.6 is 0 Å². The topological polar surface area (TPSA) is 79.9 Å². The maximum Gasteiger partial charge on any atom is 0.332 e. The van der Waals surface area contributed by atoms with Crippen LogP contribution in [0.4, 0.5) is 15.9 Å². The molecule has 1 aliphatic heterocycles. The Morgan fingerprint density at radius 1 is 1.23 bits per heavy atom. The minimum Gasteiger partial charge on any atom is -0.395 e. The Morgan fingerprint density at radius 2 is 1.97 bits per heavy atom. The number of halogens is 1. The maximum absolute atomic E-state index is 13.3. The third kappa shape index (κ3) is 4.22. The van der Waals surface area contributed by atoms with Gasteiger partial charge in [-0.15, -0.1) is 0 Å². The van der Waals surface area contributed by atoms with E-state index in [1.165, 1.54) is 23.1 Å². The lowest BCUT2D eigenvalue weighted by molar-refractivity contribution is 0.0216. The average molecular weight is 428 g/mol. The van der Waals surface area contributed by atoms with Crippen LogP contribution < -0.4 is 21.0 Å². The zero-order valence-corrected chi connectivity index (χ0v) is 17.4. The molecule has 0 amide bonds. The summed E-state index contributed by atoms with van der Waals surface area (Å²) in [4.78, 5) is 29.3. The van der Waals surface area contributed by atoms with Crippen LogP contribution in [0.3, 0.4) is 0 Å². The summed E-state index contributed by atoms with van der Waals surface area (Å²) in [5.41, 5.74) is 0.148. The van der Waals surface area contributed by atoms with E-state index in [2.05, 4.69) is 12.0 Å². The van der Waals surface area contributed by atoms with Crippen LogP contribution in [0.1, 0.15) is 24.8 Å². The lowest BCUT2D eigenvalue weighted by Gasteiger charge is -2.24. The Hall–Kier alpha value is -3.09. The van der Waals surface area contributed by atoms with Crippen LogP contribution in [-0.2, 0) is 24.9 Å². The maximum atomic E-state index is 13.3. The fraction of sp³-hybridized carbons (Fsp3) is 0.455. The standard InChI is InChI=1S/C22H25FN4O4/c1-24-20-19(21(29)27(11-12-28)22(24)30)26(14-16-6-8-17(23)9-7-16)15-25(20)10-3-13-31-18-4-2-5-18/h6-9,18,28H,2,4-5,11-15H2,1H3. The van der Waals surface area contributed by atoms with Crippen LogP contribution in [0.5, 0.6) is 0 Å². The van der Waals surface area contributed by atoms with Crippen molar-refractivity contribution < 1.29 is 14.2 Å². The Bertz CT molecular complexity index is 1130. The number of anilines is 2. The van der Waals surface area contributed by atoms with Crippen molar-refractivity contribution in [3.05, 3.63) is 56.5 Å². The highest BCUT2D eigenvalue weighted by Gasteiger charge is 2.33. The van der Waals surface area contributed by atoms with E-state index >= 15 is 0 Å². The number of aliphatic hydroxyl groups excluding tert-OH is 1. The number of fused-ring (bicyclic) bond motifs is 1. The Kier molecular flexibility index (Phi) is 6.11. The summed E-state index contributed by atoms with van der Waals surface area (Å²) in [5, 5.41) is 9.30. The highest BCUT2D eigenvalue weighted by atomic mass is 19.1. The molecule has 8 nitrogen and oxygen atoms in total. The van der Waals surface area contributed by atoms with Crippen LogP contribution in [0.15, 0.2) is 33.9 Å². The van der Waals surface area contributed by atoms with E-state index in [0.717, 1.165) is 23.0 Å².